The van der Waals surface area contributed by atoms with Crippen molar-refractivity contribution < 1.29 is 0 Å². The lowest BCUT2D eigenvalue weighted by Crippen LogP contribution is -2.45. The largest absolute Gasteiger partial charge is 0.329 e. The molecule has 2 N–H and O–H groups in total. The summed E-state index contributed by atoms with van der Waals surface area (Å²) in [5, 5.41) is 0. The van der Waals surface area contributed by atoms with Crippen LogP contribution in [0.15, 0.2) is 0 Å². The fourth-order valence-corrected chi connectivity index (χ4v) is 2.59. The Labute approximate surface area is 88.2 Å². The SMILES string of the molecule is CCN1CC(C)(C)CN(C)CC1CN. The molecular formula is C11H25N3. The quantitative estimate of drug-likeness (QED) is 0.707. The van der Waals surface area contributed by atoms with Crippen molar-refractivity contribution >= 4 is 0 Å². The smallest absolute Gasteiger partial charge is 0.0345 e. The first-order valence-electron chi connectivity index (χ1n) is 5.61. The van der Waals surface area contributed by atoms with Gasteiger partial charge in [0, 0.05) is 32.2 Å². The summed E-state index contributed by atoms with van der Waals surface area (Å²) in [5.74, 6) is 0. The van der Waals surface area contributed by atoms with Gasteiger partial charge in [0.25, 0.3) is 0 Å². The molecule has 0 spiro atoms. The third-order valence-electron chi connectivity index (χ3n) is 3.05. The lowest BCUT2D eigenvalue weighted by molar-refractivity contribution is 0.168. The van der Waals surface area contributed by atoms with Crippen molar-refractivity contribution in [2.45, 2.75) is 26.8 Å². The molecule has 0 bridgehead atoms. The zero-order chi connectivity index (χ0) is 10.8. The van der Waals surface area contributed by atoms with Crippen LogP contribution in [0, 0.1) is 5.41 Å². The van der Waals surface area contributed by atoms with Crippen LogP contribution < -0.4 is 5.73 Å². The molecule has 0 aromatic rings. The molecule has 0 saturated carbocycles. The van der Waals surface area contributed by atoms with Gasteiger partial charge < -0.3 is 10.6 Å². The van der Waals surface area contributed by atoms with Crippen LogP contribution in [-0.4, -0.2) is 55.6 Å². The van der Waals surface area contributed by atoms with Crippen molar-refractivity contribution in [2.24, 2.45) is 11.1 Å². The van der Waals surface area contributed by atoms with Gasteiger partial charge in [-0.25, -0.2) is 0 Å². The Hall–Kier alpha value is -0.120. The van der Waals surface area contributed by atoms with Crippen LogP contribution in [0.2, 0.25) is 0 Å². The lowest BCUT2D eigenvalue weighted by Gasteiger charge is -2.32. The molecule has 1 unspecified atom stereocenters. The number of likely N-dealkylation sites (N-methyl/N-ethyl adjacent to an activating group) is 2. The molecule has 3 heteroatoms. The van der Waals surface area contributed by atoms with Gasteiger partial charge in [-0.2, -0.15) is 0 Å². The molecule has 1 saturated heterocycles. The first-order valence-corrected chi connectivity index (χ1v) is 5.61. The Morgan fingerprint density at radius 3 is 2.50 bits per heavy atom. The van der Waals surface area contributed by atoms with Crippen molar-refractivity contribution in [2.75, 3.05) is 39.8 Å². The number of rotatable bonds is 2. The number of nitrogens with zero attached hydrogens (tertiary/aromatic N) is 2. The molecule has 0 aromatic carbocycles. The second kappa shape index (κ2) is 4.60. The first-order chi connectivity index (χ1) is 6.48. The van der Waals surface area contributed by atoms with E-state index in [1.165, 1.54) is 6.54 Å². The molecule has 1 heterocycles. The van der Waals surface area contributed by atoms with Gasteiger partial charge in [-0.1, -0.05) is 20.8 Å². The standard InChI is InChI=1S/C11H25N3/c1-5-14-9-11(2,3)8-13(4)7-10(14)6-12/h10H,5-9,12H2,1-4H3. The van der Waals surface area contributed by atoms with Crippen LogP contribution in [-0.2, 0) is 0 Å². The van der Waals surface area contributed by atoms with Crippen molar-refractivity contribution in [3.63, 3.8) is 0 Å². The fraction of sp³-hybridized carbons (Fsp3) is 1.00. The lowest BCUT2D eigenvalue weighted by atomic mass is 9.92. The first kappa shape index (κ1) is 12.0. The Kier molecular flexibility index (Phi) is 3.93. The average Bonchev–Trinajstić information content (AvgIpc) is 2.20. The molecule has 1 aliphatic heterocycles. The van der Waals surface area contributed by atoms with Crippen LogP contribution in [0.25, 0.3) is 0 Å². The maximum Gasteiger partial charge on any atom is 0.0345 e. The van der Waals surface area contributed by atoms with E-state index in [1.54, 1.807) is 0 Å². The van der Waals surface area contributed by atoms with E-state index in [9.17, 15) is 0 Å². The zero-order valence-corrected chi connectivity index (χ0v) is 10.1. The molecule has 3 nitrogen and oxygen atoms in total. The highest BCUT2D eigenvalue weighted by Crippen LogP contribution is 2.23. The Morgan fingerprint density at radius 1 is 1.36 bits per heavy atom. The van der Waals surface area contributed by atoms with Gasteiger partial charge in [-0.15, -0.1) is 0 Å². The molecule has 1 aliphatic rings. The minimum atomic E-state index is 0.384. The maximum absolute atomic E-state index is 5.82. The van der Waals surface area contributed by atoms with Gasteiger partial charge in [0.05, 0.1) is 0 Å². The summed E-state index contributed by atoms with van der Waals surface area (Å²) in [4.78, 5) is 4.93. The molecule has 0 radical (unpaired) electrons. The second-order valence-corrected chi connectivity index (χ2v) is 5.31. The van der Waals surface area contributed by atoms with E-state index in [4.69, 9.17) is 5.73 Å². The van der Waals surface area contributed by atoms with E-state index in [-0.39, 0.29) is 0 Å². The summed E-state index contributed by atoms with van der Waals surface area (Å²) < 4.78 is 0. The van der Waals surface area contributed by atoms with Crippen LogP contribution >= 0.6 is 0 Å². The van der Waals surface area contributed by atoms with Crippen LogP contribution in [0.1, 0.15) is 20.8 Å². The molecule has 1 fully saturated rings. The predicted octanol–water partition coefficient (Wildman–Crippen LogP) is 0.607. The summed E-state index contributed by atoms with van der Waals surface area (Å²) in [7, 11) is 2.20. The van der Waals surface area contributed by atoms with Crippen LogP contribution in [0.3, 0.4) is 0 Å². The number of hydrogen-bond donors (Lipinski definition) is 1. The molecule has 14 heavy (non-hydrogen) atoms. The van der Waals surface area contributed by atoms with Gasteiger partial charge in [0.1, 0.15) is 0 Å². The molecule has 1 rings (SSSR count). The van der Waals surface area contributed by atoms with Crippen molar-refractivity contribution in [3.8, 4) is 0 Å². The van der Waals surface area contributed by atoms with Gasteiger partial charge in [-0.3, -0.25) is 4.90 Å². The van der Waals surface area contributed by atoms with Crippen molar-refractivity contribution in [1.29, 1.82) is 0 Å². The van der Waals surface area contributed by atoms with E-state index in [0.29, 0.717) is 11.5 Å². The third-order valence-corrected chi connectivity index (χ3v) is 3.05. The Balaban J connectivity index is 2.73. The maximum atomic E-state index is 5.82. The monoisotopic (exact) mass is 199 g/mol. The van der Waals surface area contributed by atoms with E-state index < -0.39 is 0 Å². The normalized spacial score (nSPS) is 30.2. The number of hydrogen-bond acceptors (Lipinski definition) is 3. The summed E-state index contributed by atoms with van der Waals surface area (Å²) >= 11 is 0. The molecular weight excluding hydrogens is 174 g/mol. The molecule has 84 valence electrons. The van der Waals surface area contributed by atoms with Crippen LogP contribution in [0.4, 0.5) is 0 Å². The van der Waals surface area contributed by atoms with E-state index in [1.807, 2.05) is 0 Å². The number of nitrogens with two attached hydrogens (primary N) is 1. The van der Waals surface area contributed by atoms with E-state index in [0.717, 1.165) is 26.2 Å². The van der Waals surface area contributed by atoms with E-state index >= 15 is 0 Å². The predicted molar refractivity (Wildman–Crippen MR) is 61.4 cm³/mol. The highest BCUT2D eigenvalue weighted by Gasteiger charge is 2.31. The molecule has 0 amide bonds. The highest BCUT2D eigenvalue weighted by molar-refractivity contribution is 4.86. The van der Waals surface area contributed by atoms with Gasteiger partial charge >= 0.3 is 0 Å². The van der Waals surface area contributed by atoms with Gasteiger partial charge in [0.15, 0.2) is 0 Å². The van der Waals surface area contributed by atoms with Gasteiger partial charge in [-0.05, 0) is 19.0 Å². The third kappa shape index (κ3) is 2.94. The Bertz CT molecular complexity index is 179. The highest BCUT2D eigenvalue weighted by atomic mass is 15.2. The Morgan fingerprint density at radius 2 is 2.00 bits per heavy atom. The summed E-state index contributed by atoms with van der Waals surface area (Å²) in [6, 6.07) is 0.534. The fourth-order valence-electron chi connectivity index (χ4n) is 2.59. The molecule has 1 atom stereocenters. The topological polar surface area (TPSA) is 32.5 Å². The van der Waals surface area contributed by atoms with E-state index in [2.05, 4.69) is 37.6 Å². The second-order valence-electron chi connectivity index (χ2n) is 5.31. The minimum Gasteiger partial charge on any atom is -0.329 e. The van der Waals surface area contributed by atoms with Crippen LogP contribution in [0.5, 0.6) is 0 Å². The minimum absolute atomic E-state index is 0.384. The summed E-state index contributed by atoms with van der Waals surface area (Å²) in [5.41, 5.74) is 6.20. The summed E-state index contributed by atoms with van der Waals surface area (Å²) in [6.07, 6.45) is 0. The molecule has 0 aromatic heterocycles. The van der Waals surface area contributed by atoms with Gasteiger partial charge in [0.2, 0.25) is 0 Å². The zero-order valence-electron chi connectivity index (χ0n) is 10.1. The van der Waals surface area contributed by atoms with Crippen molar-refractivity contribution in [1.82, 2.24) is 9.80 Å². The van der Waals surface area contributed by atoms with Crippen molar-refractivity contribution in [3.05, 3.63) is 0 Å². The average molecular weight is 199 g/mol. The molecule has 0 aliphatic carbocycles. The summed E-state index contributed by atoms with van der Waals surface area (Å²) in [6.45, 7) is 12.2.